The fourth-order valence-corrected chi connectivity index (χ4v) is 2.32. The highest BCUT2D eigenvalue weighted by atomic mass is 32.2. The lowest BCUT2D eigenvalue weighted by molar-refractivity contribution is -0.138. The van der Waals surface area contributed by atoms with Gasteiger partial charge in [0, 0.05) is 11.8 Å². The summed E-state index contributed by atoms with van der Waals surface area (Å²) in [5.41, 5.74) is 4.57. The van der Waals surface area contributed by atoms with E-state index in [-0.39, 0.29) is 12.2 Å². The van der Waals surface area contributed by atoms with Gasteiger partial charge in [-0.2, -0.15) is 5.26 Å². The molecule has 2 rings (SSSR count). The SMILES string of the molecule is CCOC(=O)/C(C#N)=C/Nn1cc(-c2ccccc2)nc1SC. The summed E-state index contributed by atoms with van der Waals surface area (Å²) in [4.78, 5) is 16.1. The first-order valence-corrected chi connectivity index (χ1v) is 8.14. The molecule has 1 aromatic carbocycles. The molecule has 0 radical (unpaired) electrons. The molecule has 0 saturated carbocycles. The molecule has 0 saturated heterocycles. The number of carbonyl (C=O) groups is 1. The first-order chi connectivity index (χ1) is 11.2. The van der Waals surface area contributed by atoms with E-state index >= 15 is 0 Å². The van der Waals surface area contributed by atoms with Gasteiger partial charge in [0.1, 0.15) is 6.07 Å². The highest BCUT2D eigenvalue weighted by Crippen LogP contribution is 2.21. The standard InChI is InChI=1S/C16H16N4O2S/c1-3-22-15(21)13(9-17)10-18-20-11-14(19-16(20)23-2)12-7-5-4-6-8-12/h4-8,10-11,18H,3H2,1-2H3/b13-10+. The number of benzene rings is 1. The number of nitrogens with one attached hydrogen (secondary N) is 1. The molecule has 0 bridgehead atoms. The van der Waals surface area contributed by atoms with Gasteiger partial charge in [0.05, 0.1) is 18.5 Å². The van der Waals surface area contributed by atoms with E-state index in [1.165, 1.54) is 18.0 Å². The molecule has 1 heterocycles. The molecular weight excluding hydrogens is 312 g/mol. The Kier molecular flexibility index (Phi) is 5.83. The number of aromatic nitrogens is 2. The molecule has 0 atom stereocenters. The molecule has 0 aliphatic rings. The first kappa shape index (κ1) is 16.6. The maximum atomic E-state index is 11.6. The second-order valence-electron chi connectivity index (χ2n) is 4.37. The van der Waals surface area contributed by atoms with Crippen molar-refractivity contribution in [1.82, 2.24) is 9.66 Å². The third kappa shape index (κ3) is 4.14. The number of nitrogens with zero attached hydrogens (tertiary/aromatic N) is 3. The number of imidazole rings is 1. The van der Waals surface area contributed by atoms with Crippen molar-refractivity contribution < 1.29 is 9.53 Å². The zero-order valence-corrected chi connectivity index (χ0v) is 13.6. The molecule has 0 unspecified atom stereocenters. The summed E-state index contributed by atoms with van der Waals surface area (Å²) in [5.74, 6) is -0.656. The minimum absolute atomic E-state index is 0.103. The van der Waals surface area contributed by atoms with Gasteiger partial charge in [0.2, 0.25) is 0 Å². The second kappa shape index (κ2) is 8.06. The van der Waals surface area contributed by atoms with Crippen molar-refractivity contribution in [3.8, 4) is 17.3 Å². The van der Waals surface area contributed by atoms with Crippen molar-refractivity contribution in [2.45, 2.75) is 12.1 Å². The van der Waals surface area contributed by atoms with Crippen molar-refractivity contribution in [3.63, 3.8) is 0 Å². The molecule has 0 aliphatic carbocycles. The normalized spacial score (nSPS) is 10.9. The Bertz CT molecular complexity index is 747. The van der Waals surface area contributed by atoms with Crippen LogP contribution in [0.3, 0.4) is 0 Å². The molecule has 2 aromatic rings. The zero-order chi connectivity index (χ0) is 16.7. The third-order valence-electron chi connectivity index (χ3n) is 2.89. The Hall–Kier alpha value is -2.72. The highest BCUT2D eigenvalue weighted by Gasteiger charge is 2.11. The third-order valence-corrected chi connectivity index (χ3v) is 3.54. The Labute approximate surface area is 138 Å². The van der Waals surface area contributed by atoms with Gasteiger partial charge >= 0.3 is 5.97 Å². The van der Waals surface area contributed by atoms with Gasteiger partial charge in [-0.25, -0.2) is 14.5 Å². The maximum absolute atomic E-state index is 11.6. The van der Waals surface area contributed by atoms with Crippen molar-refractivity contribution in [2.24, 2.45) is 0 Å². The zero-order valence-electron chi connectivity index (χ0n) is 12.8. The molecule has 0 fully saturated rings. The molecule has 6 nitrogen and oxygen atoms in total. The van der Waals surface area contributed by atoms with Gasteiger partial charge in [-0.1, -0.05) is 42.1 Å². The molecule has 1 N–H and O–H groups in total. The van der Waals surface area contributed by atoms with E-state index in [1.54, 1.807) is 17.8 Å². The van der Waals surface area contributed by atoms with Crippen molar-refractivity contribution in [3.05, 3.63) is 48.3 Å². The Morgan fingerprint density at radius 1 is 1.48 bits per heavy atom. The summed E-state index contributed by atoms with van der Waals surface area (Å²) >= 11 is 1.45. The second-order valence-corrected chi connectivity index (χ2v) is 5.14. The van der Waals surface area contributed by atoms with Gasteiger partial charge < -0.3 is 4.74 Å². The van der Waals surface area contributed by atoms with Crippen molar-refractivity contribution in [2.75, 3.05) is 18.3 Å². The Morgan fingerprint density at radius 3 is 2.83 bits per heavy atom. The first-order valence-electron chi connectivity index (χ1n) is 6.92. The molecule has 23 heavy (non-hydrogen) atoms. The minimum atomic E-state index is -0.656. The van der Waals surface area contributed by atoms with Gasteiger partial charge in [0.15, 0.2) is 10.7 Å². The predicted molar refractivity (Wildman–Crippen MR) is 89.1 cm³/mol. The smallest absolute Gasteiger partial charge is 0.350 e. The van der Waals surface area contributed by atoms with E-state index in [4.69, 9.17) is 10.00 Å². The summed E-state index contributed by atoms with van der Waals surface area (Å²) in [6.07, 6.45) is 5.02. The van der Waals surface area contributed by atoms with Crippen LogP contribution in [0.1, 0.15) is 6.92 Å². The van der Waals surface area contributed by atoms with Crippen LogP contribution < -0.4 is 5.43 Å². The highest BCUT2D eigenvalue weighted by molar-refractivity contribution is 7.98. The molecule has 1 aromatic heterocycles. The number of carbonyl (C=O) groups excluding carboxylic acids is 1. The lowest BCUT2D eigenvalue weighted by atomic mass is 10.2. The number of nitriles is 1. The number of hydrogen-bond donors (Lipinski definition) is 1. The fourth-order valence-electron chi connectivity index (χ4n) is 1.83. The van der Waals surface area contributed by atoms with Crippen LogP contribution in [0.15, 0.2) is 53.5 Å². The molecular formula is C16H16N4O2S. The average molecular weight is 328 g/mol. The van der Waals surface area contributed by atoms with Crippen LogP contribution in [0, 0.1) is 11.3 Å². The lowest BCUT2D eigenvalue weighted by Crippen LogP contribution is -2.13. The summed E-state index contributed by atoms with van der Waals surface area (Å²) < 4.78 is 6.47. The molecule has 118 valence electrons. The fraction of sp³-hybridized carbons (Fsp3) is 0.188. The van der Waals surface area contributed by atoms with E-state index in [9.17, 15) is 4.79 Å². The topological polar surface area (TPSA) is 79.9 Å². The largest absolute Gasteiger partial charge is 0.462 e. The van der Waals surface area contributed by atoms with E-state index in [1.807, 2.05) is 42.7 Å². The van der Waals surface area contributed by atoms with Crippen LogP contribution in [0.5, 0.6) is 0 Å². The molecule has 0 amide bonds. The predicted octanol–water partition coefficient (Wildman–Crippen LogP) is 2.79. The van der Waals surface area contributed by atoms with Crippen LogP contribution in [-0.2, 0) is 9.53 Å². The summed E-state index contributed by atoms with van der Waals surface area (Å²) in [6, 6.07) is 11.6. The Morgan fingerprint density at radius 2 is 2.22 bits per heavy atom. The number of esters is 1. The quantitative estimate of drug-likeness (QED) is 0.380. The van der Waals surface area contributed by atoms with Crippen LogP contribution >= 0.6 is 11.8 Å². The monoisotopic (exact) mass is 328 g/mol. The van der Waals surface area contributed by atoms with Gasteiger partial charge in [-0.05, 0) is 13.2 Å². The number of rotatable bonds is 6. The summed E-state index contributed by atoms with van der Waals surface area (Å²) in [5, 5.41) is 9.73. The van der Waals surface area contributed by atoms with Crippen molar-refractivity contribution >= 4 is 17.7 Å². The lowest BCUT2D eigenvalue weighted by Gasteiger charge is -2.05. The maximum Gasteiger partial charge on any atom is 0.350 e. The summed E-state index contributed by atoms with van der Waals surface area (Å²) in [6.45, 7) is 1.91. The van der Waals surface area contributed by atoms with E-state index in [0.717, 1.165) is 11.3 Å². The molecule has 0 spiro atoms. The van der Waals surface area contributed by atoms with Gasteiger partial charge in [-0.15, -0.1) is 0 Å². The number of ether oxygens (including phenoxy) is 1. The molecule has 0 aliphatic heterocycles. The minimum Gasteiger partial charge on any atom is -0.462 e. The Balaban J connectivity index is 2.25. The summed E-state index contributed by atoms with van der Waals surface area (Å²) in [7, 11) is 0. The van der Waals surface area contributed by atoms with Gasteiger partial charge in [0.25, 0.3) is 0 Å². The average Bonchev–Trinajstić information content (AvgIpc) is 3.00. The van der Waals surface area contributed by atoms with Crippen molar-refractivity contribution in [1.29, 1.82) is 5.26 Å². The van der Waals surface area contributed by atoms with Crippen LogP contribution in [0.2, 0.25) is 0 Å². The van der Waals surface area contributed by atoms with E-state index < -0.39 is 5.97 Å². The van der Waals surface area contributed by atoms with Crippen LogP contribution in [0.4, 0.5) is 0 Å². The van der Waals surface area contributed by atoms with Crippen LogP contribution in [0.25, 0.3) is 11.3 Å². The van der Waals surface area contributed by atoms with E-state index in [0.29, 0.717) is 5.16 Å². The number of thioether (sulfide) groups is 1. The number of hydrogen-bond acceptors (Lipinski definition) is 6. The van der Waals surface area contributed by atoms with E-state index in [2.05, 4.69) is 10.4 Å². The van der Waals surface area contributed by atoms with Crippen LogP contribution in [-0.4, -0.2) is 28.5 Å². The molecule has 7 heteroatoms. The van der Waals surface area contributed by atoms with Gasteiger partial charge in [-0.3, -0.25) is 5.43 Å².